The summed E-state index contributed by atoms with van der Waals surface area (Å²) in [5.74, 6) is 0.114. The lowest BCUT2D eigenvalue weighted by Crippen LogP contribution is -2.12. The van der Waals surface area contributed by atoms with Gasteiger partial charge in [0.15, 0.2) is 0 Å². The number of ether oxygens (including phenoxy) is 1. The van der Waals surface area contributed by atoms with Gasteiger partial charge in [-0.25, -0.2) is 0 Å². The third kappa shape index (κ3) is 4.31. The molecule has 0 aliphatic rings. The van der Waals surface area contributed by atoms with Crippen molar-refractivity contribution in [3.8, 4) is 5.75 Å². The Hall–Kier alpha value is -2.86. The van der Waals surface area contributed by atoms with Gasteiger partial charge in [0.25, 0.3) is 11.6 Å². The number of carbonyl (C=O) groups excluding carboxylic acids is 1. The minimum atomic E-state index is -0.575. The molecule has 0 bridgehead atoms. The van der Waals surface area contributed by atoms with E-state index in [9.17, 15) is 14.9 Å². The fraction of sp³-hybridized carbons (Fsp3) is 0.0625. The van der Waals surface area contributed by atoms with Crippen molar-refractivity contribution in [2.24, 2.45) is 0 Å². The molecule has 2 aromatic carbocycles. The van der Waals surface area contributed by atoms with E-state index in [0.717, 1.165) is 6.07 Å². The molecule has 0 saturated carbocycles. The van der Waals surface area contributed by atoms with Crippen molar-refractivity contribution in [3.05, 3.63) is 75.8 Å². The van der Waals surface area contributed by atoms with E-state index in [2.05, 4.69) is 11.9 Å². The van der Waals surface area contributed by atoms with Gasteiger partial charge in [-0.3, -0.25) is 14.9 Å². The Balaban J connectivity index is 2.16. The summed E-state index contributed by atoms with van der Waals surface area (Å²) < 4.78 is 5.38. The Morgan fingerprint density at radius 1 is 1.35 bits per heavy atom. The Morgan fingerprint density at radius 2 is 2.13 bits per heavy atom. The van der Waals surface area contributed by atoms with Gasteiger partial charge in [-0.15, -0.1) is 0 Å². The van der Waals surface area contributed by atoms with Gasteiger partial charge in [-0.1, -0.05) is 30.3 Å². The van der Waals surface area contributed by atoms with Gasteiger partial charge in [0.1, 0.15) is 12.4 Å². The van der Waals surface area contributed by atoms with E-state index < -0.39 is 10.8 Å². The van der Waals surface area contributed by atoms with Gasteiger partial charge in [-0.05, 0) is 18.2 Å². The first-order valence-electron chi connectivity index (χ1n) is 6.60. The van der Waals surface area contributed by atoms with Crippen molar-refractivity contribution < 1.29 is 14.5 Å². The van der Waals surface area contributed by atoms with Crippen LogP contribution in [0.1, 0.15) is 10.4 Å². The summed E-state index contributed by atoms with van der Waals surface area (Å²) in [5, 5.41) is 13.4. The number of halogens is 1. The lowest BCUT2D eigenvalue weighted by Gasteiger charge is -2.09. The molecule has 118 valence electrons. The van der Waals surface area contributed by atoms with E-state index >= 15 is 0 Å². The fourth-order valence-corrected chi connectivity index (χ4v) is 2.08. The van der Waals surface area contributed by atoms with Crippen LogP contribution in [0.4, 0.5) is 11.4 Å². The molecule has 0 unspecified atom stereocenters. The smallest absolute Gasteiger partial charge is 0.270 e. The number of nitrogens with zero attached hydrogens (tertiary/aromatic N) is 1. The standard InChI is InChI=1S/C16H13ClN2O4/c1-2-8-23-13-5-3-4-11(9-13)18-16(20)14-7-6-12(19(21)22)10-15(14)17/h2-7,9-10H,1,8H2,(H,18,20). The average molecular weight is 333 g/mol. The van der Waals surface area contributed by atoms with Crippen molar-refractivity contribution in [3.63, 3.8) is 0 Å². The molecule has 0 heterocycles. The molecule has 2 aromatic rings. The van der Waals surface area contributed by atoms with Crippen LogP contribution in [0.25, 0.3) is 0 Å². The van der Waals surface area contributed by atoms with Crippen molar-refractivity contribution in [2.45, 2.75) is 0 Å². The second-order valence-corrected chi connectivity index (χ2v) is 4.91. The highest BCUT2D eigenvalue weighted by Crippen LogP contribution is 2.24. The van der Waals surface area contributed by atoms with Crippen LogP contribution in [0.3, 0.4) is 0 Å². The van der Waals surface area contributed by atoms with Crippen LogP contribution < -0.4 is 10.1 Å². The third-order valence-corrected chi connectivity index (χ3v) is 3.18. The average Bonchev–Trinajstić information content (AvgIpc) is 2.53. The first-order valence-corrected chi connectivity index (χ1v) is 6.98. The number of non-ortho nitro benzene ring substituents is 1. The lowest BCUT2D eigenvalue weighted by atomic mass is 10.2. The maximum absolute atomic E-state index is 12.2. The molecule has 0 aliphatic carbocycles. The van der Waals surface area contributed by atoms with Crippen LogP contribution in [-0.2, 0) is 0 Å². The van der Waals surface area contributed by atoms with E-state index in [0.29, 0.717) is 18.0 Å². The molecule has 7 heteroatoms. The number of hydrogen-bond acceptors (Lipinski definition) is 4. The van der Waals surface area contributed by atoms with Gasteiger partial charge in [-0.2, -0.15) is 0 Å². The molecule has 0 aromatic heterocycles. The Morgan fingerprint density at radius 3 is 2.78 bits per heavy atom. The summed E-state index contributed by atoms with van der Waals surface area (Å²) in [4.78, 5) is 22.3. The fourth-order valence-electron chi connectivity index (χ4n) is 1.82. The highest BCUT2D eigenvalue weighted by Gasteiger charge is 2.15. The molecule has 0 saturated heterocycles. The highest BCUT2D eigenvalue weighted by molar-refractivity contribution is 6.34. The highest BCUT2D eigenvalue weighted by atomic mass is 35.5. The van der Waals surface area contributed by atoms with Crippen molar-refractivity contribution in [1.29, 1.82) is 0 Å². The summed E-state index contributed by atoms with van der Waals surface area (Å²) >= 11 is 5.93. The number of amides is 1. The van der Waals surface area contributed by atoms with Crippen LogP contribution in [0.2, 0.25) is 5.02 Å². The second-order valence-electron chi connectivity index (χ2n) is 4.50. The summed E-state index contributed by atoms with van der Waals surface area (Å²) in [6, 6.07) is 10.5. The minimum Gasteiger partial charge on any atom is -0.489 e. The van der Waals surface area contributed by atoms with Gasteiger partial charge < -0.3 is 10.1 Å². The van der Waals surface area contributed by atoms with Gasteiger partial charge in [0, 0.05) is 23.9 Å². The number of anilines is 1. The molecular formula is C16H13ClN2O4. The van der Waals surface area contributed by atoms with Gasteiger partial charge in [0.2, 0.25) is 0 Å². The number of nitro groups is 1. The van der Waals surface area contributed by atoms with E-state index in [-0.39, 0.29) is 16.3 Å². The predicted molar refractivity (Wildman–Crippen MR) is 88.2 cm³/mol. The molecule has 2 rings (SSSR count). The van der Waals surface area contributed by atoms with Crippen LogP contribution in [0.15, 0.2) is 55.1 Å². The molecule has 0 spiro atoms. The summed E-state index contributed by atoms with van der Waals surface area (Å²) in [6.07, 6.45) is 1.61. The summed E-state index contributed by atoms with van der Waals surface area (Å²) in [6.45, 7) is 3.91. The van der Waals surface area contributed by atoms with Gasteiger partial charge >= 0.3 is 0 Å². The summed E-state index contributed by atoms with van der Waals surface area (Å²) in [7, 11) is 0. The number of nitro benzene ring substituents is 1. The van der Waals surface area contributed by atoms with Crippen LogP contribution in [-0.4, -0.2) is 17.4 Å². The first-order chi connectivity index (χ1) is 11.0. The second kappa shape index (κ2) is 7.42. The van der Waals surface area contributed by atoms with E-state index in [1.54, 1.807) is 30.3 Å². The van der Waals surface area contributed by atoms with Crippen molar-refractivity contribution >= 4 is 28.9 Å². The number of rotatable bonds is 6. The van der Waals surface area contributed by atoms with Gasteiger partial charge in [0.05, 0.1) is 15.5 Å². The molecule has 1 N–H and O–H groups in total. The topological polar surface area (TPSA) is 81.5 Å². The van der Waals surface area contributed by atoms with Crippen molar-refractivity contribution in [1.82, 2.24) is 0 Å². The zero-order valence-electron chi connectivity index (χ0n) is 12.0. The zero-order chi connectivity index (χ0) is 16.8. The largest absolute Gasteiger partial charge is 0.489 e. The number of benzene rings is 2. The molecule has 1 amide bonds. The normalized spacial score (nSPS) is 9.96. The van der Waals surface area contributed by atoms with Crippen LogP contribution in [0, 0.1) is 10.1 Å². The monoisotopic (exact) mass is 332 g/mol. The Kier molecular flexibility index (Phi) is 5.32. The maximum atomic E-state index is 12.2. The van der Waals surface area contributed by atoms with Crippen LogP contribution >= 0.6 is 11.6 Å². The molecule has 0 atom stereocenters. The minimum absolute atomic E-state index is 0.00996. The summed E-state index contributed by atoms with van der Waals surface area (Å²) in [5.41, 5.74) is 0.493. The molecule has 0 fully saturated rings. The van der Waals surface area contributed by atoms with E-state index in [1.807, 2.05) is 0 Å². The number of hydrogen-bond donors (Lipinski definition) is 1. The Labute approximate surface area is 137 Å². The maximum Gasteiger partial charge on any atom is 0.270 e. The lowest BCUT2D eigenvalue weighted by molar-refractivity contribution is -0.384. The quantitative estimate of drug-likeness (QED) is 0.491. The van der Waals surface area contributed by atoms with E-state index in [4.69, 9.17) is 16.3 Å². The molecule has 23 heavy (non-hydrogen) atoms. The number of carbonyl (C=O) groups is 1. The molecule has 0 radical (unpaired) electrons. The third-order valence-electron chi connectivity index (χ3n) is 2.87. The SMILES string of the molecule is C=CCOc1cccc(NC(=O)c2ccc([N+](=O)[O-])cc2Cl)c1. The van der Waals surface area contributed by atoms with Crippen LogP contribution in [0.5, 0.6) is 5.75 Å². The predicted octanol–water partition coefficient (Wildman–Crippen LogP) is 4.07. The molecule has 0 aliphatic heterocycles. The van der Waals surface area contributed by atoms with Crippen molar-refractivity contribution in [2.75, 3.05) is 11.9 Å². The zero-order valence-corrected chi connectivity index (χ0v) is 12.7. The molecule has 6 nitrogen and oxygen atoms in total. The Bertz CT molecular complexity index is 761. The first kappa shape index (κ1) is 16.5. The van der Waals surface area contributed by atoms with E-state index in [1.165, 1.54) is 12.1 Å². The molecular weight excluding hydrogens is 320 g/mol. The number of nitrogens with one attached hydrogen (secondary N) is 1.